The Labute approximate surface area is 92.1 Å². The van der Waals surface area contributed by atoms with Gasteiger partial charge in [0.15, 0.2) is 0 Å². The highest BCUT2D eigenvalue weighted by Gasteiger charge is 2.50. The highest BCUT2D eigenvalue weighted by molar-refractivity contribution is 5.85. The van der Waals surface area contributed by atoms with Crippen LogP contribution in [0.15, 0.2) is 24.3 Å². The number of halogens is 1. The molecule has 2 atom stereocenters. The van der Waals surface area contributed by atoms with E-state index in [1.807, 2.05) is 0 Å². The van der Waals surface area contributed by atoms with Crippen molar-refractivity contribution in [3.05, 3.63) is 35.4 Å². The van der Waals surface area contributed by atoms with Gasteiger partial charge in [-0.2, -0.15) is 0 Å². The molecule has 2 unspecified atom stereocenters. The van der Waals surface area contributed by atoms with Crippen LogP contribution >= 0.6 is 12.4 Å². The maximum atomic E-state index is 6.29. The molecule has 0 bridgehead atoms. The van der Waals surface area contributed by atoms with Gasteiger partial charge in [0.1, 0.15) is 0 Å². The highest BCUT2D eigenvalue weighted by Crippen LogP contribution is 2.51. The molecule has 1 aliphatic carbocycles. The third-order valence-corrected chi connectivity index (χ3v) is 3.20. The molecular weight excluding hydrogens is 194 g/mol. The van der Waals surface area contributed by atoms with E-state index in [0.29, 0.717) is 5.92 Å². The number of hydrogen-bond donors (Lipinski definition) is 1. The summed E-state index contributed by atoms with van der Waals surface area (Å²) >= 11 is 0. The van der Waals surface area contributed by atoms with Crippen LogP contribution in [0, 0.1) is 12.8 Å². The second-order valence-electron chi connectivity index (χ2n) is 4.22. The van der Waals surface area contributed by atoms with E-state index in [2.05, 4.69) is 38.1 Å². The number of nitrogens with two attached hydrogens (primary N) is 1. The first-order valence-electron chi connectivity index (χ1n) is 5.03. The average Bonchev–Trinajstić information content (AvgIpc) is 2.79. The van der Waals surface area contributed by atoms with Crippen LogP contribution in [-0.4, -0.2) is 0 Å². The predicted molar refractivity (Wildman–Crippen MR) is 62.7 cm³/mol. The molecule has 1 aromatic rings. The largest absolute Gasteiger partial charge is 0.321 e. The minimum absolute atomic E-state index is 0. The topological polar surface area (TPSA) is 26.0 Å². The fourth-order valence-electron chi connectivity index (χ4n) is 2.15. The Bertz CT molecular complexity index is 324. The Balaban J connectivity index is 0.000000980. The van der Waals surface area contributed by atoms with Crippen molar-refractivity contribution < 1.29 is 0 Å². The van der Waals surface area contributed by atoms with Crippen LogP contribution < -0.4 is 5.73 Å². The van der Waals surface area contributed by atoms with Gasteiger partial charge in [-0.15, -0.1) is 12.4 Å². The monoisotopic (exact) mass is 211 g/mol. The summed E-state index contributed by atoms with van der Waals surface area (Å²) in [6.45, 7) is 4.34. The fourth-order valence-corrected chi connectivity index (χ4v) is 2.15. The van der Waals surface area contributed by atoms with Gasteiger partial charge < -0.3 is 5.73 Å². The van der Waals surface area contributed by atoms with Gasteiger partial charge in [-0.1, -0.05) is 43.2 Å². The Morgan fingerprint density at radius 3 is 2.71 bits per heavy atom. The molecule has 78 valence electrons. The first-order valence-corrected chi connectivity index (χ1v) is 5.03. The molecule has 0 saturated heterocycles. The smallest absolute Gasteiger partial charge is 0.0442 e. The molecule has 1 aromatic carbocycles. The summed E-state index contributed by atoms with van der Waals surface area (Å²) in [7, 11) is 0. The normalized spacial score (nSPS) is 29.5. The molecule has 0 spiro atoms. The van der Waals surface area contributed by atoms with E-state index in [0.717, 1.165) is 6.42 Å². The van der Waals surface area contributed by atoms with Crippen molar-refractivity contribution in [3.63, 3.8) is 0 Å². The van der Waals surface area contributed by atoms with E-state index in [1.54, 1.807) is 0 Å². The molecule has 2 N–H and O–H groups in total. The maximum absolute atomic E-state index is 6.29. The van der Waals surface area contributed by atoms with Crippen LogP contribution in [0.25, 0.3) is 0 Å². The van der Waals surface area contributed by atoms with Crippen molar-refractivity contribution in [3.8, 4) is 0 Å². The van der Waals surface area contributed by atoms with Crippen LogP contribution in [0.1, 0.15) is 30.9 Å². The SMILES string of the molecule is CCC1CC1(N)c1cccc(C)c1.Cl. The van der Waals surface area contributed by atoms with Crippen molar-refractivity contribution in [1.29, 1.82) is 0 Å². The molecule has 0 aromatic heterocycles. The third-order valence-electron chi connectivity index (χ3n) is 3.20. The lowest BCUT2D eigenvalue weighted by atomic mass is 10.0. The molecule has 0 radical (unpaired) electrons. The quantitative estimate of drug-likeness (QED) is 0.800. The van der Waals surface area contributed by atoms with E-state index < -0.39 is 0 Å². The second kappa shape index (κ2) is 3.92. The van der Waals surface area contributed by atoms with Crippen LogP contribution in [0.5, 0.6) is 0 Å². The lowest BCUT2D eigenvalue weighted by Gasteiger charge is -2.11. The molecule has 1 fully saturated rings. The molecule has 14 heavy (non-hydrogen) atoms. The van der Waals surface area contributed by atoms with E-state index in [4.69, 9.17) is 5.73 Å². The van der Waals surface area contributed by atoms with Crippen molar-refractivity contribution in [2.24, 2.45) is 11.7 Å². The van der Waals surface area contributed by atoms with Gasteiger partial charge in [0.2, 0.25) is 0 Å². The summed E-state index contributed by atoms with van der Waals surface area (Å²) in [6, 6.07) is 8.60. The zero-order chi connectivity index (χ0) is 9.47. The van der Waals surface area contributed by atoms with Gasteiger partial charge in [-0.25, -0.2) is 0 Å². The maximum Gasteiger partial charge on any atom is 0.0442 e. The number of benzene rings is 1. The lowest BCUT2D eigenvalue weighted by molar-refractivity contribution is 0.615. The van der Waals surface area contributed by atoms with Crippen molar-refractivity contribution >= 4 is 12.4 Å². The molecule has 2 heteroatoms. The summed E-state index contributed by atoms with van der Waals surface area (Å²) in [5.41, 5.74) is 8.92. The van der Waals surface area contributed by atoms with E-state index in [9.17, 15) is 0 Å². The Hall–Kier alpha value is -0.530. The molecule has 1 nitrogen and oxygen atoms in total. The van der Waals surface area contributed by atoms with Crippen LogP contribution in [-0.2, 0) is 5.54 Å². The fraction of sp³-hybridized carbons (Fsp3) is 0.500. The predicted octanol–water partition coefficient (Wildman–Crippen LogP) is 3.00. The highest BCUT2D eigenvalue weighted by atomic mass is 35.5. The summed E-state index contributed by atoms with van der Waals surface area (Å²) < 4.78 is 0. The van der Waals surface area contributed by atoms with E-state index >= 15 is 0 Å². The van der Waals surface area contributed by atoms with Gasteiger partial charge in [0, 0.05) is 5.54 Å². The molecule has 1 aliphatic rings. The summed E-state index contributed by atoms with van der Waals surface area (Å²) in [6.07, 6.45) is 2.36. The lowest BCUT2D eigenvalue weighted by Crippen LogP contribution is -2.21. The van der Waals surface area contributed by atoms with E-state index in [1.165, 1.54) is 17.5 Å². The number of aryl methyl sites for hydroxylation is 1. The molecule has 0 heterocycles. The minimum Gasteiger partial charge on any atom is -0.321 e. The van der Waals surface area contributed by atoms with Gasteiger partial charge in [0.25, 0.3) is 0 Å². The first-order chi connectivity index (χ1) is 6.16. The van der Waals surface area contributed by atoms with Crippen molar-refractivity contribution in [2.75, 3.05) is 0 Å². The summed E-state index contributed by atoms with van der Waals surface area (Å²) in [5.74, 6) is 0.703. The molecular formula is C12H18ClN. The van der Waals surface area contributed by atoms with Gasteiger partial charge in [0.05, 0.1) is 0 Å². The van der Waals surface area contributed by atoms with Crippen LogP contribution in [0.2, 0.25) is 0 Å². The van der Waals surface area contributed by atoms with Crippen molar-refractivity contribution in [1.82, 2.24) is 0 Å². The van der Waals surface area contributed by atoms with Gasteiger partial charge >= 0.3 is 0 Å². The van der Waals surface area contributed by atoms with Gasteiger partial charge in [-0.3, -0.25) is 0 Å². The molecule has 1 saturated carbocycles. The van der Waals surface area contributed by atoms with Crippen LogP contribution in [0.3, 0.4) is 0 Å². The Kier molecular flexibility index (Phi) is 3.23. The standard InChI is InChI=1S/C12H17N.ClH/c1-3-10-8-12(10,13)11-6-4-5-9(2)7-11;/h4-7,10H,3,8,13H2,1-2H3;1H. The second-order valence-corrected chi connectivity index (χ2v) is 4.22. The Morgan fingerprint density at radius 2 is 2.21 bits per heavy atom. The zero-order valence-corrected chi connectivity index (χ0v) is 9.60. The van der Waals surface area contributed by atoms with Crippen LogP contribution in [0.4, 0.5) is 0 Å². The minimum atomic E-state index is 0. The Morgan fingerprint density at radius 1 is 1.50 bits per heavy atom. The molecule has 0 amide bonds. The molecule has 2 rings (SSSR count). The number of hydrogen-bond acceptors (Lipinski definition) is 1. The number of rotatable bonds is 2. The van der Waals surface area contributed by atoms with E-state index in [-0.39, 0.29) is 17.9 Å². The van der Waals surface area contributed by atoms with Gasteiger partial charge in [-0.05, 0) is 24.8 Å². The summed E-state index contributed by atoms with van der Waals surface area (Å²) in [5, 5.41) is 0. The molecule has 0 aliphatic heterocycles. The first kappa shape index (κ1) is 11.5. The average molecular weight is 212 g/mol. The summed E-state index contributed by atoms with van der Waals surface area (Å²) in [4.78, 5) is 0. The zero-order valence-electron chi connectivity index (χ0n) is 8.79. The third kappa shape index (κ3) is 1.79. The van der Waals surface area contributed by atoms with Crippen molar-refractivity contribution in [2.45, 2.75) is 32.2 Å².